The van der Waals surface area contributed by atoms with E-state index >= 15 is 0 Å². The Morgan fingerprint density at radius 3 is 2.91 bits per heavy atom. The molecular weight excluding hydrogens is 410 g/mol. The summed E-state index contributed by atoms with van der Waals surface area (Å²) < 4.78 is 20.4. The number of methoxy groups -OCH3 is 1. The van der Waals surface area contributed by atoms with Crippen LogP contribution in [0.4, 0.5) is 0 Å². The predicted octanol–water partition coefficient (Wildman–Crippen LogP) is 3.01. The molecule has 3 aromatic heterocycles. The summed E-state index contributed by atoms with van der Waals surface area (Å²) in [5.41, 5.74) is 0.447. The van der Waals surface area contributed by atoms with Gasteiger partial charge >= 0.3 is 0 Å². The molecule has 164 valence electrons. The minimum Gasteiger partial charge on any atom is -0.486 e. The first kappa shape index (κ1) is 20.2. The second-order valence-electron chi connectivity index (χ2n) is 7.92. The summed E-state index contributed by atoms with van der Waals surface area (Å²) >= 11 is 0. The first-order valence-electron chi connectivity index (χ1n) is 10.4. The average Bonchev–Trinajstić information content (AvgIpc) is 3.29. The molecule has 9 heteroatoms. The van der Waals surface area contributed by atoms with E-state index in [1.165, 1.54) is 4.57 Å². The zero-order valence-corrected chi connectivity index (χ0v) is 18.1. The van der Waals surface area contributed by atoms with E-state index in [0.29, 0.717) is 47.4 Å². The number of aromatic nitrogens is 5. The molecule has 0 spiro atoms. The Labute approximate surface area is 184 Å². The van der Waals surface area contributed by atoms with Gasteiger partial charge in [0.1, 0.15) is 24.4 Å². The van der Waals surface area contributed by atoms with Crippen molar-refractivity contribution in [3.8, 4) is 28.8 Å². The average molecular weight is 433 g/mol. The van der Waals surface area contributed by atoms with Crippen LogP contribution in [0.5, 0.6) is 11.5 Å². The number of pyridine rings is 2. The van der Waals surface area contributed by atoms with E-state index in [2.05, 4.69) is 15.2 Å². The highest BCUT2D eigenvalue weighted by atomic mass is 16.6. The van der Waals surface area contributed by atoms with Crippen LogP contribution < -0.4 is 15.0 Å². The van der Waals surface area contributed by atoms with Gasteiger partial charge in [0.05, 0.1) is 12.0 Å². The van der Waals surface area contributed by atoms with Gasteiger partial charge in [0.2, 0.25) is 0 Å². The van der Waals surface area contributed by atoms with Gasteiger partial charge in [-0.2, -0.15) is 0 Å². The highest BCUT2D eigenvalue weighted by Crippen LogP contribution is 2.35. The number of ether oxygens (including phenoxy) is 3. The Hall–Kier alpha value is -3.72. The first-order chi connectivity index (χ1) is 15.5. The molecule has 5 rings (SSSR count). The van der Waals surface area contributed by atoms with E-state index in [-0.39, 0.29) is 17.7 Å². The molecule has 0 N–H and O–H groups in total. The van der Waals surface area contributed by atoms with Gasteiger partial charge < -0.3 is 18.8 Å². The summed E-state index contributed by atoms with van der Waals surface area (Å²) in [4.78, 5) is 18.1. The van der Waals surface area contributed by atoms with Gasteiger partial charge in [0, 0.05) is 19.3 Å². The van der Waals surface area contributed by atoms with E-state index in [1.807, 2.05) is 42.7 Å². The lowest BCUT2D eigenvalue weighted by molar-refractivity contribution is 0.0274. The first-order valence-corrected chi connectivity index (χ1v) is 10.4. The molecule has 0 saturated carbocycles. The highest BCUT2D eigenvalue weighted by Gasteiger charge is 2.22. The van der Waals surface area contributed by atoms with E-state index in [1.54, 1.807) is 31.8 Å². The minimum atomic E-state index is -0.215. The van der Waals surface area contributed by atoms with Gasteiger partial charge in [-0.15, -0.1) is 10.2 Å². The van der Waals surface area contributed by atoms with Crippen molar-refractivity contribution in [2.24, 2.45) is 0 Å². The van der Waals surface area contributed by atoms with Crippen molar-refractivity contribution in [2.75, 3.05) is 20.3 Å². The maximum absolute atomic E-state index is 13.4. The standard InChI is InChI=1S/C23H23N5O4/c1-14(2)28-13-24-26-22(28)18-5-4-6-21(25-18)27-8-7-15-9-19-20(10-17(15)23(27)29)32-16(11-30-3)12-31-19/h4-10,13-14,16H,11-12H2,1-3H3. The molecule has 1 aliphatic rings. The number of benzene rings is 1. The Balaban J connectivity index is 1.57. The summed E-state index contributed by atoms with van der Waals surface area (Å²) in [5, 5.41) is 9.51. The second kappa shape index (κ2) is 8.08. The third-order valence-corrected chi connectivity index (χ3v) is 5.38. The molecular formula is C23H23N5O4. The molecule has 0 amide bonds. The molecule has 0 radical (unpaired) electrons. The van der Waals surface area contributed by atoms with Gasteiger partial charge in [0.25, 0.3) is 5.56 Å². The molecule has 1 unspecified atom stereocenters. The number of fused-ring (bicyclic) bond motifs is 2. The van der Waals surface area contributed by atoms with Crippen molar-refractivity contribution < 1.29 is 14.2 Å². The molecule has 4 aromatic rings. The summed E-state index contributed by atoms with van der Waals surface area (Å²) in [6.07, 6.45) is 3.18. The minimum absolute atomic E-state index is 0.184. The van der Waals surface area contributed by atoms with Crippen LogP contribution in [0.3, 0.4) is 0 Å². The van der Waals surface area contributed by atoms with Crippen LogP contribution in [0.25, 0.3) is 28.1 Å². The summed E-state index contributed by atoms with van der Waals surface area (Å²) in [5.74, 6) is 2.31. The largest absolute Gasteiger partial charge is 0.486 e. The van der Waals surface area contributed by atoms with E-state index in [9.17, 15) is 4.79 Å². The number of hydrogen-bond acceptors (Lipinski definition) is 7. The molecule has 0 bridgehead atoms. The Morgan fingerprint density at radius 2 is 2.09 bits per heavy atom. The van der Waals surface area contributed by atoms with Gasteiger partial charge in [-0.1, -0.05) is 6.07 Å². The fraction of sp³-hybridized carbons (Fsp3) is 0.304. The van der Waals surface area contributed by atoms with E-state index in [4.69, 9.17) is 14.2 Å². The van der Waals surface area contributed by atoms with Crippen LogP contribution in [0.2, 0.25) is 0 Å². The van der Waals surface area contributed by atoms with E-state index in [0.717, 1.165) is 5.39 Å². The van der Waals surface area contributed by atoms with Crippen LogP contribution in [-0.4, -0.2) is 50.7 Å². The van der Waals surface area contributed by atoms with Gasteiger partial charge in [0.15, 0.2) is 23.4 Å². The lowest BCUT2D eigenvalue weighted by atomic mass is 10.1. The Morgan fingerprint density at radius 1 is 1.22 bits per heavy atom. The van der Waals surface area contributed by atoms with Gasteiger partial charge in [-0.05, 0) is 49.6 Å². The summed E-state index contributed by atoms with van der Waals surface area (Å²) in [6.45, 7) is 4.91. The molecule has 1 aromatic carbocycles. The smallest absolute Gasteiger partial charge is 0.264 e. The van der Waals surface area contributed by atoms with Gasteiger partial charge in [-0.25, -0.2) is 4.98 Å². The SMILES string of the molecule is COCC1COc2cc3ccn(-c4cccc(-c5nncn5C(C)C)n4)c(=O)c3cc2O1. The van der Waals surface area contributed by atoms with Crippen LogP contribution in [0, 0.1) is 0 Å². The molecule has 0 fully saturated rings. The summed E-state index contributed by atoms with van der Waals surface area (Å²) in [7, 11) is 1.61. The third-order valence-electron chi connectivity index (χ3n) is 5.38. The fourth-order valence-corrected chi connectivity index (χ4v) is 3.79. The van der Waals surface area contributed by atoms with Crippen molar-refractivity contribution >= 4 is 10.8 Å². The third kappa shape index (κ3) is 3.50. The predicted molar refractivity (Wildman–Crippen MR) is 119 cm³/mol. The zero-order valence-electron chi connectivity index (χ0n) is 18.1. The number of hydrogen-bond donors (Lipinski definition) is 0. The van der Waals surface area contributed by atoms with Crippen LogP contribution in [-0.2, 0) is 4.74 Å². The van der Waals surface area contributed by atoms with Crippen molar-refractivity contribution in [3.05, 3.63) is 59.3 Å². The quantitative estimate of drug-likeness (QED) is 0.478. The molecule has 1 atom stereocenters. The van der Waals surface area contributed by atoms with E-state index < -0.39 is 0 Å². The van der Waals surface area contributed by atoms with Gasteiger partial charge in [-0.3, -0.25) is 9.36 Å². The maximum atomic E-state index is 13.4. The van der Waals surface area contributed by atoms with Crippen molar-refractivity contribution in [2.45, 2.75) is 26.0 Å². The Bertz CT molecular complexity index is 1340. The number of nitrogens with zero attached hydrogens (tertiary/aromatic N) is 5. The molecule has 0 aliphatic carbocycles. The highest BCUT2D eigenvalue weighted by molar-refractivity contribution is 5.85. The monoisotopic (exact) mass is 433 g/mol. The summed E-state index contributed by atoms with van der Waals surface area (Å²) in [6, 6.07) is 11.1. The molecule has 1 aliphatic heterocycles. The van der Waals surface area contributed by atoms with Crippen LogP contribution in [0.1, 0.15) is 19.9 Å². The molecule has 4 heterocycles. The normalized spacial score (nSPS) is 15.4. The fourth-order valence-electron chi connectivity index (χ4n) is 3.79. The van der Waals surface area contributed by atoms with Crippen LogP contribution >= 0.6 is 0 Å². The van der Waals surface area contributed by atoms with Crippen molar-refractivity contribution in [3.63, 3.8) is 0 Å². The number of rotatable bonds is 5. The van der Waals surface area contributed by atoms with Crippen molar-refractivity contribution in [1.29, 1.82) is 0 Å². The zero-order chi connectivity index (χ0) is 22.2. The molecule has 32 heavy (non-hydrogen) atoms. The molecule has 0 saturated heterocycles. The van der Waals surface area contributed by atoms with Crippen LogP contribution in [0.15, 0.2) is 53.7 Å². The maximum Gasteiger partial charge on any atom is 0.264 e. The molecule has 9 nitrogen and oxygen atoms in total. The topological polar surface area (TPSA) is 93.3 Å². The lowest BCUT2D eigenvalue weighted by Gasteiger charge is -2.26. The Kier molecular flexibility index (Phi) is 5.10. The second-order valence-corrected chi connectivity index (χ2v) is 7.92. The lowest BCUT2D eigenvalue weighted by Crippen LogP contribution is -2.33. The van der Waals surface area contributed by atoms with Crippen molar-refractivity contribution in [1.82, 2.24) is 24.3 Å².